The quantitative estimate of drug-likeness (QED) is 0.748. The van der Waals surface area contributed by atoms with Gasteiger partial charge in [0.15, 0.2) is 0 Å². The van der Waals surface area contributed by atoms with Gasteiger partial charge in [0, 0.05) is 6.20 Å². The molecule has 0 atom stereocenters. The van der Waals surface area contributed by atoms with E-state index in [0.717, 1.165) is 30.0 Å². The van der Waals surface area contributed by atoms with E-state index in [9.17, 15) is 0 Å². The topological polar surface area (TPSA) is 34.2 Å². The number of pyridine rings is 1. The lowest BCUT2D eigenvalue weighted by Gasteiger charge is -2.03. The standard InChI is InChI=1S/C12H18N2O/c1-10-12(15-3)8-11(9-14-10)6-4-5-7-13-2/h4,6,8-9,13H,5,7H2,1-3H3/b6-4+. The summed E-state index contributed by atoms with van der Waals surface area (Å²) < 4.78 is 5.20. The number of nitrogens with one attached hydrogen (secondary N) is 1. The van der Waals surface area contributed by atoms with Crippen LogP contribution in [0.5, 0.6) is 5.75 Å². The molecule has 0 saturated carbocycles. The summed E-state index contributed by atoms with van der Waals surface area (Å²) in [6.45, 7) is 2.93. The Balaban J connectivity index is 2.65. The van der Waals surface area contributed by atoms with E-state index >= 15 is 0 Å². The maximum absolute atomic E-state index is 5.20. The first-order valence-corrected chi connectivity index (χ1v) is 5.09. The molecular formula is C12H18N2O. The second kappa shape index (κ2) is 6.19. The predicted octanol–water partition coefficient (Wildman–Crippen LogP) is 2.02. The average Bonchev–Trinajstić information content (AvgIpc) is 2.26. The predicted molar refractivity (Wildman–Crippen MR) is 63.1 cm³/mol. The summed E-state index contributed by atoms with van der Waals surface area (Å²) in [7, 11) is 3.61. The molecule has 82 valence electrons. The molecule has 0 fully saturated rings. The highest BCUT2D eigenvalue weighted by molar-refractivity contribution is 5.51. The molecule has 1 aromatic rings. The SMILES string of the molecule is CNCC/C=C/c1cnc(C)c(OC)c1. The maximum atomic E-state index is 5.20. The number of methoxy groups -OCH3 is 1. The molecule has 1 aromatic heterocycles. The lowest BCUT2D eigenvalue weighted by atomic mass is 10.2. The highest BCUT2D eigenvalue weighted by Gasteiger charge is 1.98. The van der Waals surface area contributed by atoms with Gasteiger partial charge in [0.1, 0.15) is 5.75 Å². The van der Waals surface area contributed by atoms with Gasteiger partial charge >= 0.3 is 0 Å². The normalized spacial score (nSPS) is 10.9. The van der Waals surface area contributed by atoms with Crippen LogP contribution in [0, 0.1) is 6.92 Å². The van der Waals surface area contributed by atoms with Crippen LogP contribution in [0.3, 0.4) is 0 Å². The largest absolute Gasteiger partial charge is 0.495 e. The molecule has 3 heteroatoms. The molecule has 0 spiro atoms. The summed E-state index contributed by atoms with van der Waals surface area (Å²) in [6, 6.07) is 2.00. The van der Waals surface area contributed by atoms with Crippen molar-refractivity contribution in [1.29, 1.82) is 0 Å². The molecule has 0 amide bonds. The summed E-state index contributed by atoms with van der Waals surface area (Å²) in [6.07, 6.45) is 7.06. The molecule has 0 aliphatic carbocycles. The van der Waals surface area contributed by atoms with Crippen molar-refractivity contribution in [3.63, 3.8) is 0 Å². The molecule has 0 unspecified atom stereocenters. The van der Waals surface area contributed by atoms with E-state index in [0.29, 0.717) is 0 Å². The Morgan fingerprint density at radius 3 is 3.00 bits per heavy atom. The Kier molecular flexibility index (Phi) is 4.84. The highest BCUT2D eigenvalue weighted by Crippen LogP contribution is 2.17. The summed E-state index contributed by atoms with van der Waals surface area (Å²) in [4.78, 5) is 4.26. The molecule has 0 bridgehead atoms. The van der Waals surface area contributed by atoms with E-state index in [1.54, 1.807) is 7.11 Å². The Morgan fingerprint density at radius 1 is 1.53 bits per heavy atom. The van der Waals surface area contributed by atoms with Gasteiger partial charge in [0.2, 0.25) is 0 Å². The molecule has 1 N–H and O–H groups in total. The lowest BCUT2D eigenvalue weighted by molar-refractivity contribution is 0.409. The van der Waals surface area contributed by atoms with Crippen molar-refractivity contribution >= 4 is 6.08 Å². The maximum Gasteiger partial charge on any atom is 0.140 e. The van der Waals surface area contributed by atoms with E-state index in [1.807, 2.05) is 26.2 Å². The van der Waals surface area contributed by atoms with Crippen LogP contribution in [0.4, 0.5) is 0 Å². The van der Waals surface area contributed by atoms with Gasteiger partial charge in [-0.25, -0.2) is 0 Å². The fourth-order valence-corrected chi connectivity index (χ4v) is 1.27. The zero-order valence-corrected chi connectivity index (χ0v) is 9.58. The molecular weight excluding hydrogens is 188 g/mol. The van der Waals surface area contributed by atoms with Crippen molar-refractivity contribution in [2.75, 3.05) is 20.7 Å². The minimum absolute atomic E-state index is 0.839. The van der Waals surface area contributed by atoms with Crippen LogP contribution in [-0.4, -0.2) is 25.7 Å². The summed E-state index contributed by atoms with van der Waals surface area (Å²) in [5, 5.41) is 3.09. The number of hydrogen-bond donors (Lipinski definition) is 1. The molecule has 1 rings (SSSR count). The third-order valence-electron chi connectivity index (χ3n) is 2.15. The minimum Gasteiger partial charge on any atom is -0.495 e. The fourth-order valence-electron chi connectivity index (χ4n) is 1.27. The van der Waals surface area contributed by atoms with Gasteiger partial charge in [-0.3, -0.25) is 4.98 Å². The second-order valence-electron chi connectivity index (χ2n) is 3.35. The monoisotopic (exact) mass is 206 g/mol. The minimum atomic E-state index is 0.839. The zero-order valence-electron chi connectivity index (χ0n) is 9.58. The number of aromatic nitrogens is 1. The van der Waals surface area contributed by atoms with E-state index in [1.165, 1.54) is 0 Å². The average molecular weight is 206 g/mol. The number of rotatable bonds is 5. The first-order chi connectivity index (χ1) is 7.27. The summed E-state index contributed by atoms with van der Waals surface area (Å²) in [5.74, 6) is 0.839. The van der Waals surface area contributed by atoms with Crippen LogP contribution in [0.15, 0.2) is 18.3 Å². The van der Waals surface area contributed by atoms with Gasteiger partial charge in [0.05, 0.1) is 12.8 Å². The lowest BCUT2D eigenvalue weighted by Crippen LogP contribution is -2.05. The van der Waals surface area contributed by atoms with Gasteiger partial charge < -0.3 is 10.1 Å². The van der Waals surface area contributed by atoms with E-state index in [4.69, 9.17) is 4.74 Å². The van der Waals surface area contributed by atoms with Crippen molar-refractivity contribution in [3.05, 3.63) is 29.6 Å². The number of hydrogen-bond acceptors (Lipinski definition) is 3. The van der Waals surface area contributed by atoms with Crippen LogP contribution < -0.4 is 10.1 Å². The smallest absolute Gasteiger partial charge is 0.140 e. The summed E-state index contributed by atoms with van der Waals surface area (Å²) >= 11 is 0. The Bertz CT molecular complexity index is 334. The number of nitrogens with zero attached hydrogens (tertiary/aromatic N) is 1. The van der Waals surface area contributed by atoms with E-state index in [2.05, 4.69) is 22.5 Å². The Labute approximate surface area is 91.2 Å². The third-order valence-corrected chi connectivity index (χ3v) is 2.15. The van der Waals surface area contributed by atoms with Gasteiger partial charge in [-0.2, -0.15) is 0 Å². The van der Waals surface area contributed by atoms with Crippen molar-refractivity contribution in [2.24, 2.45) is 0 Å². The van der Waals surface area contributed by atoms with Gasteiger partial charge in [-0.15, -0.1) is 0 Å². The van der Waals surface area contributed by atoms with Gasteiger partial charge in [-0.05, 0) is 38.6 Å². The van der Waals surface area contributed by atoms with Crippen LogP contribution in [-0.2, 0) is 0 Å². The van der Waals surface area contributed by atoms with Gasteiger partial charge in [0.25, 0.3) is 0 Å². The van der Waals surface area contributed by atoms with E-state index in [-0.39, 0.29) is 0 Å². The highest BCUT2D eigenvalue weighted by atomic mass is 16.5. The van der Waals surface area contributed by atoms with Gasteiger partial charge in [-0.1, -0.05) is 12.2 Å². The molecule has 0 saturated heterocycles. The fraction of sp³-hybridized carbons (Fsp3) is 0.417. The van der Waals surface area contributed by atoms with Crippen molar-refractivity contribution in [1.82, 2.24) is 10.3 Å². The van der Waals surface area contributed by atoms with Crippen molar-refractivity contribution in [2.45, 2.75) is 13.3 Å². The molecule has 3 nitrogen and oxygen atoms in total. The zero-order chi connectivity index (χ0) is 11.1. The molecule has 0 aliphatic rings. The first kappa shape index (κ1) is 11.7. The van der Waals surface area contributed by atoms with Crippen LogP contribution in [0.1, 0.15) is 17.7 Å². The molecule has 1 heterocycles. The van der Waals surface area contributed by atoms with Crippen molar-refractivity contribution in [3.8, 4) is 5.75 Å². The third kappa shape index (κ3) is 3.72. The molecule has 15 heavy (non-hydrogen) atoms. The first-order valence-electron chi connectivity index (χ1n) is 5.09. The van der Waals surface area contributed by atoms with Crippen molar-refractivity contribution < 1.29 is 4.74 Å². The number of ether oxygens (including phenoxy) is 1. The van der Waals surface area contributed by atoms with Crippen LogP contribution in [0.25, 0.3) is 6.08 Å². The summed E-state index contributed by atoms with van der Waals surface area (Å²) in [5.41, 5.74) is 2.00. The number of aryl methyl sites for hydroxylation is 1. The van der Waals surface area contributed by atoms with Crippen LogP contribution in [0.2, 0.25) is 0 Å². The second-order valence-corrected chi connectivity index (χ2v) is 3.35. The Hall–Kier alpha value is -1.35. The Morgan fingerprint density at radius 2 is 2.33 bits per heavy atom. The molecule has 0 radical (unpaired) electrons. The van der Waals surface area contributed by atoms with E-state index < -0.39 is 0 Å². The van der Waals surface area contributed by atoms with Crippen LogP contribution >= 0.6 is 0 Å². The molecule has 0 aliphatic heterocycles. The molecule has 0 aromatic carbocycles.